The van der Waals surface area contributed by atoms with E-state index >= 15 is 0 Å². The molecule has 0 aliphatic rings. The molecule has 5 nitrogen and oxygen atoms in total. The molecule has 0 radical (unpaired) electrons. The van der Waals surface area contributed by atoms with E-state index in [2.05, 4.69) is 20.6 Å². The normalized spacial score (nSPS) is 10.3. The number of rotatable bonds is 3. The zero-order chi connectivity index (χ0) is 14.0. The van der Waals surface area contributed by atoms with Gasteiger partial charge in [0.2, 0.25) is 5.95 Å². The molecule has 0 unspecified atom stereocenters. The zero-order valence-corrected chi connectivity index (χ0v) is 12.1. The molecule has 19 heavy (non-hydrogen) atoms. The standard InChI is InChI=1S/C11H10Cl3N5/c1-16-9-4-10(19-11(15)18-9)17-8-3-6(13)5(12)2-7(8)14/h2-4H,1H3,(H4,15,16,17,18,19). The maximum atomic E-state index is 6.07. The minimum atomic E-state index is 0.144. The molecule has 0 fully saturated rings. The number of nitrogen functional groups attached to an aromatic ring is 1. The van der Waals surface area contributed by atoms with E-state index in [4.69, 9.17) is 40.5 Å². The second kappa shape index (κ2) is 5.69. The molecule has 0 spiro atoms. The summed E-state index contributed by atoms with van der Waals surface area (Å²) in [6, 6.07) is 4.86. The lowest BCUT2D eigenvalue weighted by atomic mass is 10.3. The van der Waals surface area contributed by atoms with Crippen molar-refractivity contribution in [2.45, 2.75) is 0 Å². The van der Waals surface area contributed by atoms with Crippen LogP contribution in [0.4, 0.5) is 23.3 Å². The van der Waals surface area contributed by atoms with Gasteiger partial charge in [0.1, 0.15) is 11.6 Å². The van der Waals surface area contributed by atoms with Crippen molar-refractivity contribution < 1.29 is 0 Å². The van der Waals surface area contributed by atoms with Gasteiger partial charge in [0, 0.05) is 13.1 Å². The fourth-order valence-corrected chi connectivity index (χ4v) is 2.01. The van der Waals surface area contributed by atoms with E-state index < -0.39 is 0 Å². The lowest BCUT2D eigenvalue weighted by molar-refractivity contribution is 1.17. The van der Waals surface area contributed by atoms with Crippen LogP contribution < -0.4 is 16.4 Å². The zero-order valence-electron chi connectivity index (χ0n) is 9.84. The first kappa shape index (κ1) is 14.0. The van der Waals surface area contributed by atoms with Gasteiger partial charge in [0.15, 0.2) is 0 Å². The predicted molar refractivity (Wildman–Crippen MR) is 80.7 cm³/mol. The van der Waals surface area contributed by atoms with Crippen molar-refractivity contribution in [3.05, 3.63) is 33.3 Å². The summed E-state index contributed by atoms with van der Waals surface area (Å²) in [6.45, 7) is 0. The Morgan fingerprint density at radius 3 is 2.26 bits per heavy atom. The van der Waals surface area contributed by atoms with Crippen molar-refractivity contribution in [2.24, 2.45) is 0 Å². The fraction of sp³-hybridized carbons (Fsp3) is 0.0909. The Bertz CT molecular complexity index is 618. The number of benzene rings is 1. The van der Waals surface area contributed by atoms with Crippen LogP contribution in [0.15, 0.2) is 18.2 Å². The Morgan fingerprint density at radius 2 is 1.58 bits per heavy atom. The molecule has 0 atom stereocenters. The van der Waals surface area contributed by atoms with E-state index in [1.165, 1.54) is 0 Å². The highest BCUT2D eigenvalue weighted by atomic mass is 35.5. The van der Waals surface area contributed by atoms with Crippen molar-refractivity contribution in [3.8, 4) is 0 Å². The summed E-state index contributed by atoms with van der Waals surface area (Å²) in [7, 11) is 1.73. The lowest BCUT2D eigenvalue weighted by Gasteiger charge is -2.10. The van der Waals surface area contributed by atoms with Crippen LogP contribution in [0, 0.1) is 0 Å². The molecule has 0 bridgehead atoms. The third kappa shape index (κ3) is 3.32. The van der Waals surface area contributed by atoms with Gasteiger partial charge in [-0.1, -0.05) is 34.8 Å². The molecule has 2 rings (SSSR count). The third-order valence-electron chi connectivity index (χ3n) is 2.27. The van der Waals surface area contributed by atoms with Crippen LogP contribution in [-0.4, -0.2) is 17.0 Å². The fourth-order valence-electron chi connectivity index (χ4n) is 1.41. The molecular weight excluding hydrogens is 309 g/mol. The molecule has 0 aliphatic carbocycles. The number of hydrogen-bond acceptors (Lipinski definition) is 5. The molecule has 1 aromatic carbocycles. The van der Waals surface area contributed by atoms with Gasteiger partial charge in [-0.15, -0.1) is 0 Å². The molecular formula is C11H10Cl3N5. The van der Waals surface area contributed by atoms with E-state index in [1.807, 2.05) is 0 Å². The smallest absolute Gasteiger partial charge is 0.223 e. The topological polar surface area (TPSA) is 75.9 Å². The van der Waals surface area contributed by atoms with Gasteiger partial charge in [-0.3, -0.25) is 0 Å². The quantitative estimate of drug-likeness (QED) is 0.750. The van der Waals surface area contributed by atoms with Gasteiger partial charge < -0.3 is 16.4 Å². The molecule has 0 saturated carbocycles. The molecule has 2 aromatic rings. The van der Waals surface area contributed by atoms with E-state index in [9.17, 15) is 0 Å². The number of nitrogens with one attached hydrogen (secondary N) is 2. The summed E-state index contributed by atoms with van der Waals surface area (Å²) in [4.78, 5) is 8.03. The molecule has 100 valence electrons. The highest BCUT2D eigenvalue weighted by molar-refractivity contribution is 6.44. The average molecular weight is 319 g/mol. The van der Waals surface area contributed by atoms with Crippen LogP contribution in [0.2, 0.25) is 15.1 Å². The van der Waals surface area contributed by atoms with Crippen molar-refractivity contribution in [2.75, 3.05) is 23.4 Å². The number of halogens is 3. The van der Waals surface area contributed by atoms with Crippen LogP contribution in [-0.2, 0) is 0 Å². The number of anilines is 4. The molecule has 8 heteroatoms. The Balaban J connectivity index is 2.36. The summed E-state index contributed by atoms with van der Waals surface area (Å²) in [5.74, 6) is 1.23. The Kier molecular flexibility index (Phi) is 4.19. The first-order valence-electron chi connectivity index (χ1n) is 5.23. The average Bonchev–Trinajstić information content (AvgIpc) is 2.35. The molecule has 1 aromatic heterocycles. The number of nitrogens with two attached hydrogens (primary N) is 1. The first-order valence-corrected chi connectivity index (χ1v) is 6.37. The summed E-state index contributed by atoms with van der Waals surface area (Å²) in [5.41, 5.74) is 6.18. The Morgan fingerprint density at radius 1 is 0.947 bits per heavy atom. The van der Waals surface area contributed by atoms with Crippen LogP contribution in [0.5, 0.6) is 0 Å². The molecule has 0 aliphatic heterocycles. The maximum absolute atomic E-state index is 6.07. The van der Waals surface area contributed by atoms with Gasteiger partial charge in [0.05, 0.1) is 20.8 Å². The van der Waals surface area contributed by atoms with E-state index in [-0.39, 0.29) is 5.95 Å². The van der Waals surface area contributed by atoms with Crippen molar-refractivity contribution in [3.63, 3.8) is 0 Å². The van der Waals surface area contributed by atoms with E-state index in [0.29, 0.717) is 32.4 Å². The summed E-state index contributed by atoms with van der Waals surface area (Å²) >= 11 is 17.9. The summed E-state index contributed by atoms with van der Waals surface area (Å²) < 4.78 is 0. The van der Waals surface area contributed by atoms with Gasteiger partial charge in [-0.2, -0.15) is 9.97 Å². The third-order valence-corrected chi connectivity index (χ3v) is 3.31. The lowest BCUT2D eigenvalue weighted by Crippen LogP contribution is -2.03. The van der Waals surface area contributed by atoms with Gasteiger partial charge >= 0.3 is 0 Å². The van der Waals surface area contributed by atoms with Crippen molar-refractivity contribution in [1.82, 2.24) is 9.97 Å². The van der Waals surface area contributed by atoms with Crippen molar-refractivity contribution >= 4 is 58.1 Å². The maximum Gasteiger partial charge on any atom is 0.223 e. The SMILES string of the molecule is CNc1cc(Nc2cc(Cl)c(Cl)cc2Cl)nc(N)n1. The first-order chi connectivity index (χ1) is 8.99. The second-order valence-corrected chi connectivity index (χ2v) is 4.84. The number of nitrogens with zero attached hydrogens (tertiary/aromatic N) is 2. The van der Waals surface area contributed by atoms with Crippen LogP contribution in [0.1, 0.15) is 0 Å². The summed E-state index contributed by atoms with van der Waals surface area (Å²) in [5, 5.41) is 7.09. The molecule has 0 amide bonds. The molecule has 1 heterocycles. The minimum Gasteiger partial charge on any atom is -0.373 e. The summed E-state index contributed by atoms with van der Waals surface area (Å²) in [6.07, 6.45) is 0. The van der Waals surface area contributed by atoms with Gasteiger partial charge in [0.25, 0.3) is 0 Å². The minimum absolute atomic E-state index is 0.144. The predicted octanol–water partition coefficient (Wildman–Crippen LogP) is 3.80. The monoisotopic (exact) mass is 317 g/mol. The van der Waals surface area contributed by atoms with Gasteiger partial charge in [-0.25, -0.2) is 0 Å². The van der Waals surface area contributed by atoms with Gasteiger partial charge in [-0.05, 0) is 12.1 Å². The largest absolute Gasteiger partial charge is 0.373 e. The van der Waals surface area contributed by atoms with Crippen LogP contribution in [0.25, 0.3) is 0 Å². The van der Waals surface area contributed by atoms with Crippen molar-refractivity contribution in [1.29, 1.82) is 0 Å². The van der Waals surface area contributed by atoms with Crippen LogP contribution >= 0.6 is 34.8 Å². The second-order valence-electron chi connectivity index (χ2n) is 3.62. The Labute approximate surface area is 125 Å². The number of aromatic nitrogens is 2. The highest BCUT2D eigenvalue weighted by Crippen LogP contribution is 2.33. The Hall–Kier alpha value is -1.43. The van der Waals surface area contributed by atoms with Crippen LogP contribution in [0.3, 0.4) is 0 Å². The highest BCUT2D eigenvalue weighted by Gasteiger charge is 2.08. The van der Waals surface area contributed by atoms with E-state index in [1.54, 1.807) is 25.2 Å². The molecule has 4 N–H and O–H groups in total. The number of hydrogen-bond donors (Lipinski definition) is 3. The molecule has 0 saturated heterocycles. The van der Waals surface area contributed by atoms with E-state index in [0.717, 1.165) is 0 Å².